The summed E-state index contributed by atoms with van der Waals surface area (Å²) in [5.41, 5.74) is 8.17. The summed E-state index contributed by atoms with van der Waals surface area (Å²) in [6.45, 7) is 3.65. The number of sulfone groups is 1. The van der Waals surface area contributed by atoms with E-state index in [9.17, 15) is 12.8 Å². The molecule has 0 amide bonds. The number of aromatic nitrogens is 4. The van der Waals surface area contributed by atoms with Crippen LogP contribution in [0.2, 0.25) is 0 Å². The van der Waals surface area contributed by atoms with Crippen LogP contribution in [-0.4, -0.2) is 40.9 Å². The van der Waals surface area contributed by atoms with Gasteiger partial charge in [0.1, 0.15) is 5.82 Å². The van der Waals surface area contributed by atoms with E-state index in [0.29, 0.717) is 28.9 Å². The zero-order valence-electron chi connectivity index (χ0n) is 18.8. The second-order valence-electron chi connectivity index (χ2n) is 7.86. The predicted molar refractivity (Wildman–Crippen MR) is 132 cm³/mol. The van der Waals surface area contributed by atoms with E-state index in [2.05, 4.69) is 25.5 Å². The molecule has 0 bridgehead atoms. The van der Waals surface area contributed by atoms with Crippen molar-refractivity contribution in [2.75, 3.05) is 12.8 Å². The van der Waals surface area contributed by atoms with Gasteiger partial charge in [-0.1, -0.05) is 18.2 Å². The molecule has 0 aliphatic heterocycles. The maximum Gasteiger partial charge on any atom is 0.270 e. The molecule has 2 heterocycles. The molecule has 0 aliphatic carbocycles. The van der Waals surface area contributed by atoms with Gasteiger partial charge in [0.15, 0.2) is 21.3 Å². The van der Waals surface area contributed by atoms with Gasteiger partial charge in [-0.05, 0) is 45.2 Å². The highest BCUT2D eigenvalue weighted by atomic mass is 32.2. The van der Waals surface area contributed by atoms with Crippen molar-refractivity contribution in [1.82, 2.24) is 25.5 Å². The van der Waals surface area contributed by atoms with E-state index in [1.165, 1.54) is 24.4 Å². The third-order valence-corrected chi connectivity index (χ3v) is 7.37. The Morgan fingerprint density at radius 3 is 2.41 bits per heavy atom. The molecule has 11 heteroatoms. The fraction of sp³-hybridized carbons (Fsp3) is 0.217. The van der Waals surface area contributed by atoms with Crippen molar-refractivity contribution in [3.05, 3.63) is 60.0 Å². The summed E-state index contributed by atoms with van der Waals surface area (Å²) in [6.07, 6.45) is 1.47. The minimum atomic E-state index is -3.39. The molecule has 0 spiro atoms. The molecule has 3 N–H and O–H groups in total. The number of hydrogen-bond acceptors (Lipinski definition) is 9. The number of hydrogen-bond donors (Lipinski definition) is 2. The van der Waals surface area contributed by atoms with Crippen molar-refractivity contribution in [2.24, 2.45) is 0 Å². The zero-order chi connectivity index (χ0) is 24.5. The maximum atomic E-state index is 14.3. The highest BCUT2D eigenvalue weighted by Gasteiger charge is 2.20. The average Bonchev–Trinajstić information content (AvgIpc) is 3.31. The van der Waals surface area contributed by atoms with E-state index in [0.717, 1.165) is 0 Å². The standard InChI is InChI=1S/C23H23FN6O3S.3H2/c1-13(2)34(31,32)17-8-6-14(7-9-17)19-12-27-21(25)20(28-19)23-30-29-22(33-23)15-4-5-16(11-26-3)18(24)10-15;;;/h4-10,12-13,26H,11H2,1-3H3,(H2,25,27);3*1H. The molecule has 0 saturated carbocycles. The fourth-order valence-electron chi connectivity index (χ4n) is 3.23. The van der Waals surface area contributed by atoms with Gasteiger partial charge in [-0.15, -0.1) is 10.2 Å². The molecule has 0 aliphatic rings. The number of nitrogens with two attached hydrogens (primary N) is 1. The van der Waals surface area contributed by atoms with E-state index in [4.69, 9.17) is 10.2 Å². The van der Waals surface area contributed by atoms with Gasteiger partial charge in [0.25, 0.3) is 5.89 Å². The van der Waals surface area contributed by atoms with Crippen LogP contribution in [0.3, 0.4) is 0 Å². The summed E-state index contributed by atoms with van der Waals surface area (Å²) in [4.78, 5) is 8.88. The van der Waals surface area contributed by atoms with Crippen LogP contribution < -0.4 is 11.1 Å². The molecule has 0 fully saturated rings. The number of nitrogen functional groups attached to an aromatic ring is 1. The number of anilines is 1. The second-order valence-corrected chi connectivity index (χ2v) is 10.4. The zero-order valence-corrected chi connectivity index (χ0v) is 19.6. The summed E-state index contributed by atoms with van der Waals surface area (Å²) in [5.74, 6) is -0.176. The molecule has 182 valence electrons. The van der Waals surface area contributed by atoms with Gasteiger partial charge in [0.2, 0.25) is 5.89 Å². The Labute approximate surface area is 200 Å². The first-order valence-electron chi connectivity index (χ1n) is 10.4. The molecular weight excluding hydrogens is 459 g/mol. The summed E-state index contributed by atoms with van der Waals surface area (Å²) >= 11 is 0. The van der Waals surface area contributed by atoms with Gasteiger partial charge in [-0.2, -0.15) is 0 Å². The topological polar surface area (TPSA) is 137 Å². The third kappa shape index (κ3) is 4.52. The minimum absolute atomic E-state index is 0. The van der Waals surface area contributed by atoms with Crippen molar-refractivity contribution >= 4 is 15.7 Å². The summed E-state index contributed by atoms with van der Waals surface area (Å²) in [5, 5.41) is 10.4. The largest absolute Gasteiger partial charge is 0.414 e. The Bertz CT molecular complexity index is 1450. The van der Waals surface area contributed by atoms with Crippen LogP contribution in [-0.2, 0) is 16.4 Å². The first kappa shape index (κ1) is 23.5. The molecule has 4 rings (SSSR count). The Hall–Kier alpha value is -3.70. The molecular formula is C23H29FN6O3S. The van der Waals surface area contributed by atoms with E-state index >= 15 is 0 Å². The van der Waals surface area contributed by atoms with E-state index in [1.807, 2.05) is 0 Å². The molecule has 2 aromatic carbocycles. The van der Waals surface area contributed by atoms with Crippen LogP contribution >= 0.6 is 0 Å². The normalized spacial score (nSPS) is 11.8. The quantitative estimate of drug-likeness (QED) is 0.391. The van der Waals surface area contributed by atoms with Crippen molar-refractivity contribution in [3.8, 4) is 34.3 Å². The smallest absolute Gasteiger partial charge is 0.270 e. The van der Waals surface area contributed by atoms with Gasteiger partial charge in [-0.25, -0.2) is 22.8 Å². The number of nitrogens with zero attached hydrogens (tertiary/aromatic N) is 4. The Kier molecular flexibility index (Phi) is 6.40. The molecule has 9 nitrogen and oxygen atoms in total. The summed E-state index contributed by atoms with van der Waals surface area (Å²) in [6, 6.07) is 11.0. The van der Waals surface area contributed by atoms with Crippen LogP contribution in [0, 0.1) is 5.82 Å². The number of nitrogens with one attached hydrogen (secondary N) is 1. The minimum Gasteiger partial charge on any atom is -0.414 e. The van der Waals surface area contributed by atoms with Gasteiger partial charge in [0.05, 0.1) is 22.0 Å². The van der Waals surface area contributed by atoms with Crippen LogP contribution in [0.15, 0.2) is 58.0 Å². The molecule has 4 aromatic rings. The van der Waals surface area contributed by atoms with Crippen LogP contribution in [0.1, 0.15) is 23.7 Å². The Morgan fingerprint density at radius 1 is 1.09 bits per heavy atom. The van der Waals surface area contributed by atoms with Crippen LogP contribution in [0.4, 0.5) is 10.2 Å². The number of halogens is 1. The molecule has 34 heavy (non-hydrogen) atoms. The van der Waals surface area contributed by atoms with Crippen LogP contribution in [0.25, 0.3) is 34.3 Å². The fourth-order valence-corrected chi connectivity index (χ4v) is 4.29. The summed E-state index contributed by atoms with van der Waals surface area (Å²) in [7, 11) is -1.65. The Morgan fingerprint density at radius 2 is 1.76 bits per heavy atom. The molecule has 0 saturated heterocycles. The first-order chi connectivity index (χ1) is 16.2. The number of rotatable bonds is 7. The SMILES string of the molecule is CNCc1ccc(-c2nnc(-c3nc(-c4ccc(S(=O)(=O)C(C)C)cc4)cnc3N)o2)cc1F.[HH].[HH].[HH]. The van der Waals surface area contributed by atoms with E-state index in [-0.39, 0.29) is 32.5 Å². The third-order valence-electron chi connectivity index (χ3n) is 5.19. The van der Waals surface area contributed by atoms with Crippen molar-refractivity contribution in [2.45, 2.75) is 30.5 Å². The van der Waals surface area contributed by atoms with Crippen molar-refractivity contribution < 1.29 is 21.5 Å². The second kappa shape index (κ2) is 9.27. The highest BCUT2D eigenvalue weighted by molar-refractivity contribution is 7.92. The van der Waals surface area contributed by atoms with Crippen molar-refractivity contribution in [3.63, 3.8) is 0 Å². The van der Waals surface area contributed by atoms with Gasteiger partial charge < -0.3 is 15.5 Å². The molecule has 0 radical (unpaired) electrons. The predicted octanol–water partition coefficient (Wildman–Crippen LogP) is 4.22. The molecule has 0 unspecified atom stereocenters. The molecule has 2 aromatic heterocycles. The monoisotopic (exact) mass is 488 g/mol. The van der Waals surface area contributed by atoms with E-state index < -0.39 is 20.9 Å². The average molecular weight is 489 g/mol. The number of benzene rings is 2. The lowest BCUT2D eigenvalue weighted by atomic mass is 10.1. The Balaban J connectivity index is 0.00000228. The van der Waals surface area contributed by atoms with Gasteiger partial charge in [-0.3, -0.25) is 0 Å². The lowest BCUT2D eigenvalue weighted by molar-refractivity contribution is 0.577. The summed E-state index contributed by atoms with van der Waals surface area (Å²) < 4.78 is 44.7. The van der Waals surface area contributed by atoms with E-state index in [1.54, 1.807) is 45.2 Å². The maximum absolute atomic E-state index is 14.3. The van der Waals surface area contributed by atoms with Gasteiger partial charge >= 0.3 is 0 Å². The lowest BCUT2D eigenvalue weighted by Crippen LogP contribution is -2.13. The first-order valence-corrected chi connectivity index (χ1v) is 12.0. The van der Waals surface area contributed by atoms with Gasteiger partial charge in [0, 0.05) is 27.5 Å². The highest BCUT2D eigenvalue weighted by Crippen LogP contribution is 2.29. The van der Waals surface area contributed by atoms with Crippen LogP contribution in [0.5, 0.6) is 0 Å². The lowest BCUT2D eigenvalue weighted by Gasteiger charge is -2.09. The van der Waals surface area contributed by atoms with Crippen molar-refractivity contribution in [1.29, 1.82) is 0 Å². The molecule has 0 atom stereocenters.